The van der Waals surface area contributed by atoms with E-state index in [0.717, 1.165) is 0 Å². The fourth-order valence-corrected chi connectivity index (χ4v) is 4.14. The Morgan fingerprint density at radius 1 is 0.778 bits per heavy atom. The molecule has 1 N–H and O–H groups in total. The standard InChI is InChI=1S/C25H39NO10/c1-22(2,3)18(28)33-12-32-17(27)15-14-10-11-25(16(14)15,26-21(31)36-24(7,8)9)20(30)35-13-34-19(29)23(4,5)6/h14-16H,10-13H2,1-9H3,(H,26,31)/t14-,15-,16-,25-/m0/s1. The molecule has 2 aliphatic rings. The number of amides is 1. The van der Waals surface area contributed by atoms with Crippen molar-refractivity contribution in [2.45, 2.75) is 86.3 Å². The van der Waals surface area contributed by atoms with Crippen LogP contribution in [0.25, 0.3) is 0 Å². The van der Waals surface area contributed by atoms with Gasteiger partial charge in [0.15, 0.2) is 0 Å². The van der Waals surface area contributed by atoms with Gasteiger partial charge in [0.05, 0.1) is 16.7 Å². The van der Waals surface area contributed by atoms with E-state index >= 15 is 0 Å². The monoisotopic (exact) mass is 513 g/mol. The van der Waals surface area contributed by atoms with Crippen LogP contribution in [0.1, 0.15) is 75.2 Å². The number of fused-ring (bicyclic) bond motifs is 1. The summed E-state index contributed by atoms with van der Waals surface area (Å²) in [5.41, 5.74) is -3.94. The second-order valence-electron chi connectivity index (χ2n) is 12.3. The Morgan fingerprint density at radius 2 is 1.28 bits per heavy atom. The Balaban J connectivity index is 2.11. The molecule has 0 radical (unpaired) electrons. The molecule has 0 aromatic rings. The van der Waals surface area contributed by atoms with Crippen LogP contribution in [0.2, 0.25) is 0 Å². The van der Waals surface area contributed by atoms with Gasteiger partial charge in [0, 0.05) is 5.92 Å². The van der Waals surface area contributed by atoms with Crippen molar-refractivity contribution < 1.29 is 47.7 Å². The van der Waals surface area contributed by atoms with Crippen LogP contribution < -0.4 is 5.32 Å². The van der Waals surface area contributed by atoms with E-state index in [2.05, 4.69) is 5.32 Å². The SMILES string of the molecule is CC(C)(C)OC(=O)N[C@@]1(C(=O)OCOC(=O)C(C)(C)C)CC[C@H]2[C@H](C(=O)OCOC(=O)C(C)(C)C)[C@H]21. The van der Waals surface area contributed by atoms with Crippen LogP contribution in [0.3, 0.4) is 0 Å². The van der Waals surface area contributed by atoms with Gasteiger partial charge in [-0.3, -0.25) is 14.4 Å². The number of carbonyl (C=O) groups excluding carboxylic acids is 5. The van der Waals surface area contributed by atoms with Gasteiger partial charge < -0.3 is 29.0 Å². The number of hydrogen-bond acceptors (Lipinski definition) is 10. The molecule has 11 heteroatoms. The van der Waals surface area contributed by atoms with Crippen LogP contribution in [0, 0.1) is 28.6 Å². The highest BCUT2D eigenvalue weighted by atomic mass is 16.7. The number of carbonyl (C=O) groups is 5. The number of ether oxygens (including phenoxy) is 5. The highest BCUT2D eigenvalue weighted by Crippen LogP contribution is 2.63. The van der Waals surface area contributed by atoms with Gasteiger partial charge >= 0.3 is 30.0 Å². The van der Waals surface area contributed by atoms with E-state index in [1.807, 2.05) is 0 Å². The normalized spacial score (nSPS) is 25.2. The highest BCUT2D eigenvalue weighted by molar-refractivity contribution is 5.90. The summed E-state index contributed by atoms with van der Waals surface area (Å²) in [7, 11) is 0. The van der Waals surface area contributed by atoms with Gasteiger partial charge in [-0.1, -0.05) is 0 Å². The van der Waals surface area contributed by atoms with E-state index in [0.29, 0.717) is 6.42 Å². The summed E-state index contributed by atoms with van der Waals surface area (Å²) in [6.07, 6.45) is -0.195. The van der Waals surface area contributed by atoms with Crippen LogP contribution in [0.5, 0.6) is 0 Å². The van der Waals surface area contributed by atoms with Crippen molar-refractivity contribution in [3.05, 3.63) is 0 Å². The Morgan fingerprint density at radius 3 is 1.75 bits per heavy atom. The molecule has 0 bridgehead atoms. The molecule has 0 heterocycles. The van der Waals surface area contributed by atoms with Gasteiger partial charge in [-0.25, -0.2) is 9.59 Å². The molecular weight excluding hydrogens is 474 g/mol. The maximum atomic E-state index is 13.2. The van der Waals surface area contributed by atoms with Crippen LogP contribution in [-0.2, 0) is 42.9 Å². The molecule has 0 aromatic heterocycles. The Kier molecular flexibility index (Phi) is 8.37. The van der Waals surface area contributed by atoms with Crippen molar-refractivity contribution in [2.24, 2.45) is 28.6 Å². The van der Waals surface area contributed by atoms with Crippen molar-refractivity contribution in [2.75, 3.05) is 13.6 Å². The Bertz CT molecular complexity index is 892. The van der Waals surface area contributed by atoms with Gasteiger partial charge in [-0.15, -0.1) is 0 Å². The number of nitrogens with one attached hydrogen (secondary N) is 1. The zero-order chi connectivity index (χ0) is 27.7. The minimum Gasteiger partial charge on any atom is -0.444 e. The molecule has 2 saturated carbocycles. The Hall–Kier alpha value is -2.85. The third-order valence-electron chi connectivity index (χ3n) is 5.97. The number of hydrogen-bond donors (Lipinski definition) is 1. The molecule has 2 fully saturated rings. The van der Waals surface area contributed by atoms with Crippen molar-refractivity contribution in [1.29, 1.82) is 0 Å². The van der Waals surface area contributed by atoms with Crippen LogP contribution in [0.4, 0.5) is 4.79 Å². The predicted molar refractivity (Wildman–Crippen MR) is 125 cm³/mol. The molecule has 11 nitrogen and oxygen atoms in total. The summed E-state index contributed by atoms with van der Waals surface area (Å²) in [4.78, 5) is 62.4. The molecule has 0 spiro atoms. The number of rotatable bonds is 7. The van der Waals surface area contributed by atoms with Crippen LogP contribution >= 0.6 is 0 Å². The van der Waals surface area contributed by atoms with Crippen molar-refractivity contribution in [3.8, 4) is 0 Å². The number of alkyl carbamates (subject to hydrolysis) is 1. The molecule has 2 aliphatic carbocycles. The summed E-state index contributed by atoms with van der Waals surface area (Å²) in [6, 6.07) is 0. The largest absolute Gasteiger partial charge is 0.444 e. The lowest BCUT2D eigenvalue weighted by molar-refractivity contribution is -0.177. The number of esters is 4. The fraction of sp³-hybridized carbons (Fsp3) is 0.800. The quantitative estimate of drug-likeness (QED) is 0.306. The minimum atomic E-state index is -1.56. The molecular formula is C25H39NO10. The van der Waals surface area contributed by atoms with E-state index < -0.39 is 77.4 Å². The molecule has 36 heavy (non-hydrogen) atoms. The summed E-state index contributed by atoms with van der Waals surface area (Å²) in [5.74, 6) is -4.12. The minimum absolute atomic E-state index is 0.205. The van der Waals surface area contributed by atoms with Crippen LogP contribution in [-0.4, -0.2) is 54.7 Å². The first kappa shape index (κ1) is 29.4. The van der Waals surface area contributed by atoms with Gasteiger partial charge in [-0.05, 0) is 81.1 Å². The molecule has 204 valence electrons. The predicted octanol–water partition coefficient (Wildman–Crippen LogP) is 3.09. The van der Waals surface area contributed by atoms with Crippen molar-refractivity contribution >= 4 is 30.0 Å². The van der Waals surface area contributed by atoms with Gasteiger partial charge in [0.2, 0.25) is 13.6 Å². The first-order chi connectivity index (χ1) is 16.3. The summed E-state index contributed by atoms with van der Waals surface area (Å²) < 4.78 is 25.7. The highest BCUT2D eigenvalue weighted by Gasteiger charge is 2.73. The first-order valence-electron chi connectivity index (χ1n) is 12.0. The lowest BCUT2D eigenvalue weighted by atomic mass is 9.90. The summed E-state index contributed by atoms with van der Waals surface area (Å²) in [5, 5.41) is 2.62. The lowest BCUT2D eigenvalue weighted by Gasteiger charge is -2.32. The van der Waals surface area contributed by atoms with E-state index in [1.165, 1.54) is 0 Å². The zero-order valence-electron chi connectivity index (χ0n) is 22.6. The average molecular weight is 514 g/mol. The van der Waals surface area contributed by atoms with E-state index in [-0.39, 0.29) is 12.3 Å². The lowest BCUT2D eigenvalue weighted by Crippen LogP contribution is -2.57. The fourth-order valence-electron chi connectivity index (χ4n) is 4.14. The topological polar surface area (TPSA) is 144 Å². The molecule has 0 unspecified atom stereocenters. The summed E-state index contributed by atoms with van der Waals surface area (Å²) in [6.45, 7) is 13.8. The van der Waals surface area contributed by atoms with Crippen molar-refractivity contribution in [1.82, 2.24) is 5.32 Å². The second kappa shape index (κ2) is 10.3. The van der Waals surface area contributed by atoms with Gasteiger partial charge in [0.25, 0.3) is 0 Å². The smallest absolute Gasteiger partial charge is 0.408 e. The molecule has 2 rings (SSSR count). The molecule has 4 atom stereocenters. The van der Waals surface area contributed by atoms with E-state index in [4.69, 9.17) is 23.7 Å². The Labute approximate surface area is 211 Å². The maximum absolute atomic E-state index is 13.2. The molecule has 0 aromatic carbocycles. The van der Waals surface area contributed by atoms with Crippen LogP contribution in [0.15, 0.2) is 0 Å². The summed E-state index contributed by atoms with van der Waals surface area (Å²) >= 11 is 0. The average Bonchev–Trinajstić information content (AvgIpc) is 3.32. The molecule has 0 saturated heterocycles. The molecule has 1 amide bonds. The van der Waals surface area contributed by atoms with Gasteiger partial charge in [-0.2, -0.15) is 0 Å². The molecule has 0 aliphatic heterocycles. The maximum Gasteiger partial charge on any atom is 0.408 e. The third kappa shape index (κ3) is 7.10. The first-order valence-corrected chi connectivity index (χ1v) is 12.0. The van der Waals surface area contributed by atoms with E-state index in [9.17, 15) is 24.0 Å². The van der Waals surface area contributed by atoms with Crippen molar-refractivity contribution in [3.63, 3.8) is 0 Å². The third-order valence-corrected chi connectivity index (χ3v) is 5.97. The second-order valence-corrected chi connectivity index (χ2v) is 12.3. The van der Waals surface area contributed by atoms with Gasteiger partial charge in [0.1, 0.15) is 11.1 Å². The van der Waals surface area contributed by atoms with E-state index in [1.54, 1.807) is 62.3 Å². The zero-order valence-corrected chi connectivity index (χ0v) is 22.6.